The van der Waals surface area contributed by atoms with Gasteiger partial charge in [-0.05, 0) is 30.3 Å². The maximum atomic E-state index is 8.98. The molecule has 0 atom stereocenters. The van der Waals surface area contributed by atoms with Gasteiger partial charge in [-0.2, -0.15) is 10.5 Å². The highest BCUT2D eigenvalue weighted by Crippen LogP contribution is 2.23. The first-order valence-electron chi connectivity index (χ1n) is 5.30. The van der Waals surface area contributed by atoms with Crippen LogP contribution in [-0.2, 0) is 0 Å². The summed E-state index contributed by atoms with van der Waals surface area (Å²) >= 11 is 0. The van der Waals surface area contributed by atoms with E-state index >= 15 is 0 Å². The first-order valence-corrected chi connectivity index (χ1v) is 5.30. The van der Waals surface area contributed by atoms with Crippen molar-refractivity contribution < 1.29 is 0 Å². The number of nitrogens with two attached hydrogens (primary N) is 1. The van der Waals surface area contributed by atoms with E-state index in [1.165, 1.54) is 0 Å². The lowest BCUT2D eigenvalue weighted by atomic mass is 10.1. The molecule has 0 aliphatic rings. The molecule has 2 rings (SSSR count). The number of nitrogens with one attached hydrogen (secondary N) is 1. The molecule has 0 aromatic heterocycles. The van der Waals surface area contributed by atoms with Crippen molar-refractivity contribution in [2.24, 2.45) is 0 Å². The number of hydrogen-bond donors (Lipinski definition) is 2. The van der Waals surface area contributed by atoms with Crippen molar-refractivity contribution in [3.8, 4) is 12.1 Å². The van der Waals surface area contributed by atoms with E-state index in [-0.39, 0.29) is 0 Å². The van der Waals surface area contributed by atoms with Crippen molar-refractivity contribution in [1.29, 1.82) is 10.5 Å². The van der Waals surface area contributed by atoms with Gasteiger partial charge >= 0.3 is 0 Å². The van der Waals surface area contributed by atoms with Crippen LogP contribution in [0.2, 0.25) is 0 Å². The first kappa shape index (κ1) is 11.5. The summed E-state index contributed by atoms with van der Waals surface area (Å²) in [5.41, 5.74) is 8.59. The largest absolute Gasteiger partial charge is 0.398 e. The van der Waals surface area contributed by atoms with Crippen LogP contribution < -0.4 is 11.1 Å². The number of anilines is 3. The van der Waals surface area contributed by atoms with Crippen LogP contribution in [-0.4, -0.2) is 0 Å². The Balaban J connectivity index is 2.33. The van der Waals surface area contributed by atoms with Crippen LogP contribution in [0.4, 0.5) is 17.1 Å². The predicted molar refractivity (Wildman–Crippen MR) is 70.0 cm³/mol. The zero-order valence-electron chi connectivity index (χ0n) is 9.51. The molecule has 3 N–H and O–H groups in total. The Kier molecular flexibility index (Phi) is 3.13. The summed E-state index contributed by atoms with van der Waals surface area (Å²) in [6.07, 6.45) is 0. The molecule has 4 nitrogen and oxygen atoms in total. The minimum atomic E-state index is 0.414. The van der Waals surface area contributed by atoms with E-state index in [1.54, 1.807) is 30.3 Å². The highest BCUT2D eigenvalue weighted by atomic mass is 14.9. The lowest BCUT2D eigenvalue weighted by Crippen LogP contribution is -1.96. The van der Waals surface area contributed by atoms with Gasteiger partial charge in [0, 0.05) is 5.69 Å². The number of rotatable bonds is 2. The normalized spacial score (nSPS) is 9.22. The monoisotopic (exact) mass is 234 g/mol. The topological polar surface area (TPSA) is 85.6 Å². The second-order valence-electron chi connectivity index (χ2n) is 3.70. The summed E-state index contributed by atoms with van der Waals surface area (Å²) in [6.45, 7) is 0. The fraction of sp³-hybridized carbons (Fsp3) is 0. The van der Waals surface area contributed by atoms with Crippen molar-refractivity contribution in [2.45, 2.75) is 0 Å². The van der Waals surface area contributed by atoms with Gasteiger partial charge in [-0.25, -0.2) is 0 Å². The Bertz CT molecular complexity index is 662. The van der Waals surface area contributed by atoms with Crippen LogP contribution in [0.3, 0.4) is 0 Å². The SMILES string of the molecule is N#Cc1ccc(Nc2ccccc2C#N)cc1N. The maximum Gasteiger partial charge on any atom is 0.101 e. The molecule has 0 bridgehead atoms. The van der Waals surface area contributed by atoms with Gasteiger partial charge in [0.1, 0.15) is 12.1 Å². The minimum absolute atomic E-state index is 0.414. The van der Waals surface area contributed by atoms with Crippen LogP contribution in [0, 0.1) is 22.7 Å². The van der Waals surface area contributed by atoms with Crippen LogP contribution >= 0.6 is 0 Å². The van der Waals surface area contributed by atoms with Gasteiger partial charge < -0.3 is 11.1 Å². The number of benzene rings is 2. The van der Waals surface area contributed by atoms with Gasteiger partial charge in [0.15, 0.2) is 0 Å². The van der Waals surface area contributed by atoms with E-state index in [2.05, 4.69) is 11.4 Å². The Hall–Kier alpha value is -2.98. The summed E-state index contributed by atoms with van der Waals surface area (Å²) < 4.78 is 0. The molecule has 0 radical (unpaired) electrons. The van der Waals surface area contributed by atoms with Gasteiger partial charge in [0.25, 0.3) is 0 Å². The zero-order valence-corrected chi connectivity index (χ0v) is 9.51. The zero-order chi connectivity index (χ0) is 13.0. The van der Waals surface area contributed by atoms with Crippen molar-refractivity contribution in [1.82, 2.24) is 0 Å². The maximum absolute atomic E-state index is 8.98. The molecule has 0 unspecified atom stereocenters. The molecular weight excluding hydrogens is 224 g/mol. The highest BCUT2D eigenvalue weighted by molar-refractivity contribution is 5.70. The fourth-order valence-electron chi connectivity index (χ4n) is 1.59. The molecule has 0 aliphatic carbocycles. The Labute approximate surface area is 105 Å². The Morgan fingerprint density at radius 1 is 0.944 bits per heavy atom. The Morgan fingerprint density at radius 3 is 2.33 bits per heavy atom. The molecule has 0 saturated carbocycles. The summed E-state index contributed by atoms with van der Waals surface area (Å²) in [5.74, 6) is 0. The lowest BCUT2D eigenvalue weighted by molar-refractivity contribution is 1.45. The van der Waals surface area contributed by atoms with E-state index in [9.17, 15) is 0 Å². The highest BCUT2D eigenvalue weighted by Gasteiger charge is 2.03. The molecule has 86 valence electrons. The summed E-state index contributed by atoms with van der Waals surface area (Å²) in [5, 5.41) is 20.9. The summed E-state index contributed by atoms with van der Waals surface area (Å²) in [6, 6.07) is 16.4. The van der Waals surface area contributed by atoms with Crippen molar-refractivity contribution in [3.05, 3.63) is 53.6 Å². The van der Waals surface area contributed by atoms with Crippen molar-refractivity contribution in [3.63, 3.8) is 0 Å². The first-order chi connectivity index (χ1) is 8.74. The van der Waals surface area contributed by atoms with Crippen LogP contribution in [0.25, 0.3) is 0 Å². The second-order valence-corrected chi connectivity index (χ2v) is 3.70. The Morgan fingerprint density at radius 2 is 1.67 bits per heavy atom. The molecule has 0 amide bonds. The van der Waals surface area contributed by atoms with Gasteiger partial charge in [-0.3, -0.25) is 0 Å². The van der Waals surface area contributed by atoms with Gasteiger partial charge in [0.2, 0.25) is 0 Å². The molecule has 0 spiro atoms. The van der Waals surface area contributed by atoms with E-state index in [0.29, 0.717) is 22.5 Å². The smallest absolute Gasteiger partial charge is 0.101 e. The van der Waals surface area contributed by atoms with Gasteiger partial charge in [0.05, 0.1) is 22.5 Å². The third-order valence-electron chi connectivity index (χ3n) is 2.50. The van der Waals surface area contributed by atoms with Crippen LogP contribution in [0.1, 0.15) is 11.1 Å². The molecule has 18 heavy (non-hydrogen) atoms. The van der Waals surface area contributed by atoms with E-state index in [1.807, 2.05) is 18.2 Å². The predicted octanol–water partition coefficient (Wildman–Crippen LogP) is 2.76. The quantitative estimate of drug-likeness (QED) is 0.782. The van der Waals surface area contributed by atoms with Crippen molar-refractivity contribution >= 4 is 17.1 Å². The average Bonchev–Trinajstić information content (AvgIpc) is 2.39. The minimum Gasteiger partial charge on any atom is -0.398 e. The molecule has 2 aromatic carbocycles. The second kappa shape index (κ2) is 4.90. The lowest BCUT2D eigenvalue weighted by Gasteiger charge is -2.09. The van der Waals surface area contributed by atoms with E-state index in [4.69, 9.17) is 16.3 Å². The number of para-hydroxylation sites is 1. The van der Waals surface area contributed by atoms with Gasteiger partial charge in [-0.1, -0.05) is 12.1 Å². The average molecular weight is 234 g/mol. The van der Waals surface area contributed by atoms with Crippen molar-refractivity contribution in [2.75, 3.05) is 11.1 Å². The molecule has 2 aromatic rings. The number of nitrogens with zero attached hydrogens (tertiary/aromatic N) is 2. The van der Waals surface area contributed by atoms with E-state index < -0.39 is 0 Å². The molecule has 0 saturated heterocycles. The summed E-state index contributed by atoms with van der Waals surface area (Å²) in [7, 11) is 0. The third-order valence-corrected chi connectivity index (χ3v) is 2.50. The number of nitrogen functional groups attached to an aromatic ring is 1. The fourth-order valence-corrected chi connectivity index (χ4v) is 1.59. The van der Waals surface area contributed by atoms with Crippen LogP contribution in [0.5, 0.6) is 0 Å². The molecule has 0 fully saturated rings. The third kappa shape index (κ3) is 2.23. The number of nitriles is 2. The molecular formula is C14H10N4. The molecule has 4 heteroatoms. The standard InChI is InChI=1S/C14H10N4/c15-8-10-5-6-12(7-13(10)17)18-14-4-2-1-3-11(14)9-16/h1-7,18H,17H2. The van der Waals surface area contributed by atoms with E-state index in [0.717, 1.165) is 5.69 Å². The number of hydrogen-bond acceptors (Lipinski definition) is 4. The van der Waals surface area contributed by atoms with Gasteiger partial charge in [-0.15, -0.1) is 0 Å². The molecule has 0 aliphatic heterocycles. The molecule has 0 heterocycles. The summed E-state index contributed by atoms with van der Waals surface area (Å²) in [4.78, 5) is 0. The van der Waals surface area contributed by atoms with Crippen LogP contribution in [0.15, 0.2) is 42.5 Å².